The maximum Gasteiger partial charge on any atom is 0.0361 e. The summed E-state index contributed by atoms with van der Waals surface area (Å²) in [6.07, 6.45) is 4.69. The van der Waals surface area contributed by atoms with E-state index < -0.39 is 0 Å². The van der Waals surface area contributed by atoms with E-state index in [4.69, 9.17) is 0 Å². The van der Waals surface area contributed by atoms with E-state index >= 15 is 0 Å². The molecular weight excluding hydrogens is 220 g/mol. The van der Waals surface area contributed by atoms with Crippen LogP contribution >= 0.6 is 0 Å². The van der Waals surface area contributed by atoms with Crippen molar-refractivity contribution in [3.05, 3.63) is 65.0 Å². The fraction of sp³-hybridized carbons (Fsp3) is 0.312. The van der Waals surface area contributed by atoms with Crippen molar-refractivity contribution in [3.8, 4) is 0 Å². The smallest absolute Gasteiger partial charge is 0.0361 e. The van der Waals surface area contributed by atoms with Gasteiger partial charge >= 0.3 is 0 Å². The zero-order chi connectivity index (χ0) is 13.0. The molecule has 2 nitrogen and oxygen atoms in total. The molecule has 2 aromatic rings. The number of aromatic nitrogens is 1. The molecule has 2 heteroatoms. The van der Waals surface area contributed by atoms with Gasteiger partial charge in [-0.2, -0.15) is 0 Å². The third-order valence-electron chi connectivity index (χ3n) is 3.35. The molecule has 18 heavy (non-hydrogen) atoms. The van der Waals surface area contributed by atoms with Gasteiger partial charge in [0.1, 0.15) is 0 Å². The van der Waals surface area contributed by atoms with E-state index in [0.717, 1.165) is 6.42 Å². The van der Waals surface area contributed by atoms with Crippen molar-refractivity contribution in [2.24, 2.45) is 0 Å². The lowest BCUT2D eigenvalue weighted by molar-refractivity contribution is 0.588. The molecule has 1 atom stereocenters. The van der Waals surface area contributed by atoms with Crippen LogP contribution in [0.4, 0.5) is 0 Å². The van der Waals surface area contributed by atoms with E-state index in [-0.39, 0.29) is 0 Å². The Hall–Kier alpha value is -1.67. The molecule has 0 aliphatic carbocycles. The number of nitrogens with zero attached hydrogens (tertiary/aromatic N) is 1. The largest absolute Gasteiger partial charge is 0.313 e. The normalized spacial score (nSPS) is 12.4. The van der Waals surface area contributed by atoms with Crippen LogP contribution in [0.2, 0.25) is 0 Å². The molecule has 1 N–H and O–H groups in total. The number of rotatable bonds is 4. The Morgan fingerprint density at radius 3 is 2.50 bits per heavy atom. The van der Waals surface area contributed by atoms with Crippen molar-refractivity contribution in [2.75, 3.05) is 7.05 Å². The lowest BCUT2D eigenvalue weighted by Crippen LogP contribution is -2.20. The van der Waals surface area contributed by atoms with Crippen LogP contribution < -0.4 is 5.32 Å². The first kappa shape index (κ1) is 12.8. The van der Waals surface area contributed by atoms with E-state index in [9.17, 15) is 0 Å². The Kier molecular flexibility index (Phi) is 4.11. The van der Waals surface area contributed by atoms with Gasteiger partial charge in [-0.1, -0.05) is 23.8 Å². The van der Waals surface area contributed by atoms with Crippen molar-refractivity contribution in [3.63, 3.8) is 0 Å². The predicted molar refractivity (Wildman–Crippen MR) is 75.7 cm³/mol. The number of pyridine rings is 1. The first-order valence-corrected chi connectivity index (χ1v) is 6.34. The van der Waals surface area contributed by atoms with E-state index in [1.54, 1.807) is 0 Å². The van der Waals surface area contributed by atoms with Crippen LogP contribution in [-0.4, -0.2) is 12.0 Å². The van der Waals surface area contributed by atoms with Crippen molar-refractivity contribution >= 4 is 0 Å². The average Bonchev–Trinajstić information content (AvgIpc) is 2.40. The molecule has 1 unspecified atom stereocenters. The minimum atomic E-state index is 0.354. The van der Waals surface area contributed by atoms with Gasteiger partial charge in [0.2, 0.25) is 0 Å². The molecule has 0 fully saturated rings. The van der Waals surface area contributed by atoms with Crippen molar-refractivity contribution in [1.82, 2.24) is 10.3 Å². The van der Waals surface area contributed by atoms with Crippen molar-refractivity contribution < 1.29 is 0 Å². The van der Waals surface area contributed by atoms with Crippen molar-refractivity contribution in [2.45, 2.75) is 26.3 Å². The summed E-state index contributed by atoms with van der Waals surface area (Å²) in [6, 6.07) is 11.1. The van der Waals surface area contributed by atoms with Crippen LogP contribution in [0.5, 0.6) is 0 Å². The van der Waals surface area contributed by atoms with Crippen LogP contribution in [-0.2, 0) is 6.42 Å². The third kappa shape index (κ3) is 2.96. The Balaban J connectivity index is 2.26. The maximum atomic E-state index is 4.06. The highest BCUT2D eigenvalue weighted by Gasteiger charge is 2.12. The highest BCUT2D eigenvalue weighted by atomic mass is 14.9. The van der Waals surface area contributed by atoms with E-state index in [1.165, 1.54) is 22.3 Å². The van der Waals surface area contributed by atoms with E-state index in [2.05, 4.69) is 54.5 Å². The molecule has 0 saturated carbocycles. The standard InChI is InChI=1S/C16H20N2/c1-12-4-5-13(2)15(10-12)16(17-3)11-14-6-8-18-9-7-14/h4-10,16-17H,11H2,1-3H3. The van der Waals surface area contributed by atoms with Gasteiger partial charge in [-0.15, -0.1) is 0 Å². The summed E-state index contributed by atoms with van der Waals surface area (Å²) < 4.78 is 0. The van der Waals surface area contributed by atoms with Gasteiger partial charge in [-0.3, -0.25) is 4.98 Å². The Morgan fingerprint density at radius 1 is 1.11 bits per heavy atom. The minimum absolute atomic E-state index is 0.354. The predicted octanol–water partition coefficient (Wildman–Crippen LogP) is 3.20. The molecule has 0 radical (unpaired) electrons. The maximum absolute atomic E-state index is 4.06. The lowest BCUT2D eigenvalue weighted by atomic mass is 9.94. The summed E-state index contributed by atoms with van der Waals surface area (Å²) in [5, 5.41) is 3.41. The van der Waals surface area contributed by atoms with Crippen LogP contribution in [0.1, 0.15) is 28.3 Å². The van der Waals surface area contributed by atoms with Gasteiger partial charge in [0, 0.05) is 18.4 Å². The number of benzene rings is 1. The van der Waals surface area contributed by atoms with Gasteiger partial charge in [0.05, 0.1) is 0 Å². The fourth-order valence-electron chi connectivity index (χ4n) is 2.26. The summed E-state index contributed by atoms with van der Waals surface area (Å²) in [4.78, 5) is 4.06. The summed E-state index contributed by atoms with van der Waals surface area (Å²) in [7, 11) is 2.02. The molecule has 0 aliphatic rings. The molecule has 0 aliphatic heterocycles. The molecule has 1 heterocycles. The second-order valence-corrected chi connectivity index (χ2v) is 4.76. The Labute approximate surface area is 109 Å². The molecular formula is C16H20N2. The summed E-state index contributed by atoms with van der Waals surface area (Å²) in [5.41, 5.74) is 5.35. The number of aryl methyl sites for hydroxylation is 2. The van der Waals surface area contributed by atoms with Gasteiger partial charge < -0.3 is 5.32 Å². The monoisotopic (exact) mass is 240 g/mol. The van der Waals surface area contributed by atoms with Gasteiger partial charge in [0.25, 0.3) is 0 Å². The molecule has 94 valence electrons. The average molecular weight is 240 g/mol. The second-order valence-electron chi connectivity index (χ2n) is 4.76. The summed E-state index contributed by atoms with van der Waals surface area (Å²) >= 11 is 0. The fourth-order valence-corrected chi connectivity index (χ4v) is 2.26. The minimum Gasteiger partial charge on any atom is -0.313 e. The first-order valence-electron chi connectivity index (χ1n) is 6.34. The number of hydrogen-bond donors (Lipinski definition) is 1. The molecule has 0 spiro atoms. The van der Waals surface area contributed by atoms with E-state index in [1.807, 2.05) is 19.4 Å². The highest BCUT2D eigenvalue weighted by molar-refractivity contribution is 5.34. The van der Waals surface area contributed by atoms with Crippen LogP contribution in [0.3, 0.4) is 0 Å². The van der Waals surface area contributed by atoms with Gasteiger partial charge in [-0.05, 0) is 56.1 Å². The topological polar surface area (TPSA) is 24.9 Å². The lowest BCUT2D eigenvalue weighted by Gasteiger charge is -2.19. The zero-order valence-electron chi connectivity index (χ0n) is 11.3. The quantitative estimate of drug-likeness (QED) is 0.887. The van der Waals surface area contributed by atoms with Gasteiger partial charge in [0.15, 0.2) is 0 Å². The molecule has 0 saturated heterocycles. The molecule has 0 amide bonds. The summed E-state index contributed by atoms with van der Waals surface area (Å²) in [5.74, 6) is 0. The third-order valence-corrected chi connectivity index (χ3v) is 3.35. The van der Waals surface area contributed by atoms with Crippen LogP contribution in [0, 0.1) is 13.8 Å². The second kappa shape index (κ2) is 5.78. The Morgan fingerprint density at radius 2 is 1.83 bits per heavy atom. The van der Waals surface area contributed by atoms with Crippen LogP contribution in [0.15, 0.2) is 42.7 Å². The Bertz CT molecular complexity index is 506. The number of nitrogens with one attached hydrogen (secondary N) is 1. The summed E-state index contributed by atoms with van der Waals surface area (Å²) in [6.45, 7) is 4.31. The van der Waals surface area contributed by atoms with Crippen molar-refractivity contribution in [1.29, 1.82) is 0 Å². The zero-order valence-corrected chi connectivity index (χ0v) is 11.3. The van der Waals surface area contributed by atoms with Crippen LogP contribution in [0.25, 0.3) is 0 Å². The number of hydrogen-bond acceptors (Lipinski definition) is 2. The molecule has 1 aromatic heterocycles. The molecule has 0 bridgehead atoms. The van der Waals surface area contributed by atoms with E-state index in [0.29, 0.717) is 6.04 Å². The van der Waals surface area contributed by atoms with Gasteiger partial charge in [-0.25, -0.2) is 0 Å². The molecule has 2 rings (SSSR count). The highest BCUT2D eigenvalue weighted by Crippen LogP contribution is 2.22. The number of likely N-dealkylation sites (N-methyl/N-ethyl adjacent to an activating group) is 1. The SMILES string of the molecule is CNC(Cc1ccncc1)c1cc(C)ccc1C. The molecule has 1 aromatic carbocycles. The first-order chi connectivity index (χ1) is 8.70.